The Morgan fingerprint density at radius 3 is 2.84 bits per heavy atom. The zero-order chi connectivity index (χ0) is 17.5. The standard InChI is InChI=1S/C21H35N3S/c1-23(15-13-22-19-9-4-3-5-10-19)14-7-6-8-18-11-12-20-21(16-18)25-17-24(20)2/h11-12,16,19,22H,3-10,13-15,17H2,1-2H3. The maximum Gasteiger partial charge on any atom is 0.0683 e. The van der Waals surface area contributed by atoms with Crippen molar-refractivity contribution < 1.29 is 0 Å². The average molecular weight is 362 g/mol. The van der Waals surface area contributed by atoms with E-state index in [0.29, 0.717) is 0 Å². The van der Waals surface area contributed by atoms with Crippen molar-refractivity contribution in [1.82, 2.24) is 10.2 Å². The molecule has 2 aliphatic rings. The lowest BCUT2D eigenvalue weighted by Gasteiger charge is -2.24. The van der Waals surface area contributed by atoms with Gasteiger partial charge in [0.05, 0.1) is 11.6 Å². The molecule has 1 aliphatic heterocycles. The summed E-state index contributed by atoms with van der Waals surface area (Å²) >= 11 is 1.97. The molecule has 0 aromatic heterocycles. The Morgan fingerprint density at radius 1 is 1.16 bits per heavy atom. The molecule has 1 aliphatic carbocycles. The third-order valence-electron chi connectivity index (χ3n) is 5.64. The van der Waals surface area contributed by atoms with E-state index in [4.69, 9.17) is 0 Å². The maximum atomic E-state index is 3.75. The van der Waals surface area contributed by atoms with Crippen molar-refractivity contribution in [3.63, 3.8) is 0 Å². The number of hydrogen-bond acceptors (Lipinski definition) is 4. The van der Waals surface area contributed by atoms with Crippen molar-refractivity contribution >= 4 is 17.4 Å². The molecule has 0 spiro atoms. The lowest BCUT2D eigenvalue weighted by Crippen LogP contribution is -2.37. The van der Waals surface area contributed by atoms with Gasteiger partial charge in [-0.05, 0) is 63.4 Å². The first-order valence-electron chi connectivity index (χ1n) is 10.1. The molecule has 1 fully saturated rings. The number of nitrogens with one attached hydrogen (secondary N) is 1. The molecule has 1 aromatic rings. The number of likely N-dealkylation sites (N-methyl/N-ethyl adjacent to an activating group) is 1. The van der Waals surface area contributed by atoms with Crippen molar-refractivity contribution in [3.05, 3.63) is 23.8 Å². The Kier molecular flexibility index (Phi) is 7.50. The van der Waals surface area contributed by atoms with Gasteiger partial charge in [-0.3, -0.25) is 0 Å². The van der Waals surface area contributed by atoms with E-state index < -0.39 is 0 Å². The van der Waals surface area contributed by atoms with E-state index in [0.717, 1.165) is 18.5 Å². The second-order valence-corrected chi connectivity index (χ2v) is 8.81. The van der Waals surface area contributed by atoms with Crippen molar-refractivity contribution in [3.8, 4) is 0 Å². The number of anilines is 1. The van der Waals surface area contributed by atoms with Gasteiger partial charge in [0.25, 0.3) is 0 Å². The Labute approximate surface area is 158 Å². The summed E-state index contributed by atoms with van der Waals surface area (Å²) in [7, 11) is 4.45. The number of unbranched alkanes of at least 4 members (excludes halogenated alkanes) is 1. The van der Waals surface area contributed by atoms with Gasteiger partial charge >= 0.3 is 0 Å². The Balaban J connectivity index is 1.26. The Hall–Kier alpha value is -0.710. The SMILES string of the molecule is CN(CCCCc1ccc2c(c1)SCN2C)CCNC1CCCCC1. The Bertz CT molecular complexity index is 528. The molecule has 1 N–H and O–H groups in total. The summed E-state index contributed by atoms with van der Waals surface area (Å²) in [6.45, 7) is 3.55. The van der Waals surface area contributed by atoms with Crippen LogP contribution >= 0.6 is 11.8 Å². The molecule has 0 bridgehead atoms. The predicted octanol–water partition coefficient (Wildman–Crippen LogP) is 4.36. The topological polar surface area (TPSA) is 18.5 Å². The maximum absolute atomic E-state index is 3.75. The van der Waals surface area contributed by atoms with Crippen LogP contribution in [0.3, 0.4) is 0 Å². The lowest BCUT2D eigenvalue weighted by molar-refractivity contribution is 0.301. The molecule has 4 heteroatoms. The molecule has 1 saturated carbocycles. The average Bonchev–Trinajstić information content (AvgIpc) is 3.00. The molecule has 1 heterocycles. The van der Waals surface area contributed by atoms with Crippen LogP contribution in [0.25, 0.3) is 0 Å². The molecule has 1 aromatic carbocycles. The van der Waals surface area contributed by atoms with Crippen molar-refractivity contribution in [1.29, 1.82) is 0 Å². The van der Waals surface area contributed by atoms with Gasteiger partial charge in [0.1, 0.15) is 0 Å². The minimum Gasteiger partial charge on any atom is -0.364 e. The molecule has 0 unspecified atom stereocenters. The first kappa shape index (κ1) is 19.1. The van der Waals surface area contributed by atoms with Gasteiger partial charge < -0.3 is 15.1 Å². The number of rotatable bonds is 9. The molecule has 0 radical (unpaired) electrons. The van der Waals surface area contributed by atoms with E-state index in [9.17, 15) is 0 Å². The van der Waals surface area contributed by atoms with Crippen LogP contribution in [0, 0.1) is 0 Å². The summed E-state index contributed by atoms with van der Waals surface area (Å²) in [5.74, 6) is 1.10. The van der Waals surface area contributed by atoms with Crippen LogP contribution in [0.2, 0.25) is 0 Å². The van der Waals surface area contributed by atoms with Crippen LogP contribution in [0.1, 0.15) is 50.5 Å². The van der Waals surface area contributed by atoms with Crippen LogP contribution < -0.4 is 10.2 Å². The Morgan fingerprint density at radius 2 is 2.00 bits per heavy atom. The fourth-order valence-electron chi connectivity index (χ4n) is 3.97. The first-order chi connectivity index (χ1) is 12.2. The number of benzene rings is 1. The molecule has 140 valence electrons. The van der Waals surface area contributed by atoms with E-state index in [1.54, 1.807) is 0 Å². The summed E-state index contributed by atoms with van der Waals surface area (Å²) in [6, 6.07) is 7.81. The van der Waals surface area contributed by atoms with Crippen molar-refractivity contribution in [2.45, 2.75) is 62.3 Å². The quantitative estimate of drug-likeness (QED) is 0.658. The normalized spacial score (nSPS) is 18.1. The van der Waals surface area contributed by atoms with Gasteiger partial charge in [0.2, 0.25) is 0 Å². The summed E-state index contributed by atoms with van der Waals surface area (Å²) in [4.78, 5) is 6.29. The van der Waals surface area contributed by atoms with Gasteiger partial charge in [-0.2, -0.15) is 0 Å². The van der Waals surface area contributed by atoms with E-state index in [2.05, 4.69) is 47.4 Å². The number of fused-ring (bicyclic) bond motifs is 1. The van der Waals surface area contributed by atoms with E-state index in [-0.39, 0.29) is 0 Å². The van der Waals surface area contributed by atoms with Gasteiger partial charge in [-0.15, -0.1) is 11.8 Å². The van der Waals surface area contributed by atoms with Gasteiger partial charge in [0.15, 0.2) is 0 Å². The van der Waals surface area contributed by atoms with Crippen LogP contribution in [0.4, 0.5) is 5.69 Å². The smallest absolute Gasteiger partial charge is 0.0683 e. The summed E-state index contributed by atoms with van der Waals surface area (Å²) in [6.07, 6.45) is 10.9. The highest BCUT2D eigenvalue weighted by molar-refractivity contribution is 7.99. The monoisotopic (exact) mass is 361 g/mol. The fraction of sp³-hybridized carbons (Fsp3) is 0.714. The second kappa shape index (κ2) is 9.84. The highest BCUT2D eigenvalue weighted by Gasteiger charge is 2.16. The zero-order valence-electron chi connectivity index (χ0n) is 16.1. The largest absolute Gasteiger partial charge is 0.364 e. The summed E-state index contributed by atoms with van der Waals surface area (Å²) < 4.78 is 0. The van der Waals surface area contributed by atoms with E-state index >= 15 is 0 Å². The third kappa shape index (κ3) is 5.90. The molecule has 0 amide bonds. The molecular weight excluding hydrogens is 326 g/mol. The lowest BCUT2D eigenvalue weighted by atomic mass is 9.95. The number of thioether (sulfide) groups is 1. The minimum absolute atomic E-state index is 0.791. The third-order valence-corrected chi connectivity index (χ3v) is 6.79. The summed E-state index contributed by atoms with van der Waals surface area (Å²) in [5, 5.41) is 3.75. The minimum atomic E-state index is 0.791. The molecule has 3 nitrogen and oxygen atoms in total. The highest BCUT2D eigenvalue weighted by atomic mass is 32.2. The zero-order valence-corrected chi connectivity index (χ0v) is 16.9. The highest BCUT2D eigenvalue weighted by Crippen LogP contribution is 2.38. The van der Waals surface area contributed by atoms with Crippen molar-refractivity contribution in [2.75, 3.05) is 44.5 Å². The molecule has 3 rings (SSSR count). The van der Waals surface area contributed by atoms with Gasteiger partial charge in [-0.25, -0.2) is 0 Å². The van der Waals surface area contributed by atoms with Gasteiger partial charge in [-0.1, -0.05) is 25.3 Å². The van der Waals surface area contributed by atoms with E-state index in [1.807, 2.05) is 11.8 Å². The van der Waals surface area contributed by atoms with Crippen LogP contribution in [-0.2, 0) is 6.42 Å². The van der Waals surface area contributed by atoms with Crippen molar-refractivity contribution in [2.24, 2.45) is 0 Å². The number of aryl methyl sites for hydroxylation is 1. The van der Waals surface area contributed by atoms with Crippen LogP contribution in [0.5, 0.6) is 0 Å². The number of nitrogens with zero attached hydrogens (tertiary/aromatic N) is 2. The molecule has 0 atom stereocenters. The van der Waals surface area contributed by atoms with E-state index in [1.165, 1.54) is 80.6 Å². The second-order valence-electron chi connectivity index (χ2n) is 7.82. The fourth-order valence-corrected chi connectivity index (χ4v) is 5.05. The molecule has 0 saturated heterocycles. The molecular formula is C21H35N3S. The number of hydrogen-bond donors (Lipinski definition) is 1. The molecule has 25 heavy (non-hydrogen) atoms. The van der Waals surface area contributed by atoms with Crippen LogP contribution in [0.15, 0.2) is 23.1 Å². The summed E-state index contributed by atoms with van der Waals surface area (Å²) in [5.41, 5.74) is 2.90. The first-order valence-corrected chi connectivity index (χ1v) is 11.1. The predicted molar refractivity (Wildman–Crippen MR) is 111 cm³/mol. The van der Waals surface area contributed by atoms with Crippen LogP contribution in [-0.4, -0.2) is 50.5 Å². The van der Waals surface area contributed by atoms with Gasteiger partial charge in [0, 0.05) is 31.1 Å².